The van der Waals surface area contributed by atoms with Crippen LogP contribution in [0.4, 0.5) is 0 Å². The molecule has 2 aliphatic rings. The van der Waals surface area contributed by atoms with Gasteiger partial charge >= 0.3 is 0 Å². The summed E-state index contributed by atoms with van der Waals surface area (Å²) in [6.07, 6.45) is -0.698. The van der Waals surface area contributed by atoms with E-state index in [-0.39, 0.29) is 12.5 Å². The molecule has 3 rings (SSSR count). The number of nitrogens with zero attached hydrogens (tertiary/aromatic N) is 4. The van der Waals surface area contributed by atoms with E-state index in [1.165, 1.54) is 0 Å². The Morgan fingerprint density at radius 2 is 1.94 bits per heavy atom. The first-order valence-electron chi connectivity index (χ1n) is 11.0. The molecule has 1 aromatic carbocycles. The van der Waals surface area contributed by atoms with Crippen molar-refractivity contribution < 1.29 is 19.4 Å². The Morgan fingerprint density at radius 1 is 1.19 bits per heavy atom. The topological polar surface area (TPSA) is 89.9 Å². The van der Waals surface area contributed by atoms with Gasteiger partial charge < -0.3 is 29.7 Å². The number of rotatable bonds is 7. The summed E-state index contributed by atoms with van der Waals surface area (Å²) in [7, 11) is 1.61. The molecule has 2 aliphatic heterocycles. The molecule has 1 amide bonds. The van der Waals surface area contributed by atoms with Crippen molar-refractivity contribution in [3.8, 4) is 5.75 Å². The Kier molecular flexibility index (Phi) is 8.93. The Hall–Kier alpha value is -2.36. The highest BCUT2D eigenvalue weighted by Gasteiger charge is 2.24. The molecule has 172 valence electrons. The molecule has 0 aromatic heterocycles. The first kappa shape index (κ1) is 23.3. The van der Waals surface area contributed by atoms with Crippen LogP contribution in [0.2, 0.25) is 0 Å². The van der Waals surface area contributed by atoms with Gasteiger partial charge in [-0.05, 0) is 24.6 Å². The molecule has 2 heterocycles. The lowest BCUT2D eigenvalue weighted by atomic mass is 10.1. The van der Waals surface area contributed by atoms with Crippen molar-refractivity contribution in [2.45, 2.75) is 13.0 Å². The maximum absolute atomic E-state index is 12.5. The van der Waals surface area contributed by atoms with E-state index in [2.05, 4.69) is 20.1 Å². The van der Waals surface area contributed by atoms with Gasteiger partial charge in [-0.15, -0.1) is 0 Å². The standard InChI is InChI=1S/C22H35N5O4/c1-3-23-22(24-16-20(28)18-5-4-6-19(15-18)30-2)27-9-7-25(8-10-27)17-21(29)26-11-13-31-14-12-26/h4-6,15,20,28H,3,7-14,16-17H2,1-2H3,(H,23,24). The number of benzene rings is 1. The number of ether oxygens (including phenoxy) is 2. The van der Waals surface area contributed by atoms with Gasteiger partial charge in [-0.2, -0.15) is 0 Å². The Morgan fingerprint density at radius 3 is 2.61 bits per heavy atom. The molecule has 0 aliphatic carbocycles. The molecule has 9 heteroatoms. The average Bonchev–Trinajstić information content (AvgIpc) is 2.82. The van der Waals surface area contributed by atoms with Crippen LogP contribution in [0.15, 0.2) is 29.3 Å². The number of amides is 1. The van der Waals surface area contributed by atoms with E-state index >= 15 is 0 Å². The second-order valence-electron chi connectivity index (χ2n) is 7.74. The smallest absolute Gasteiger partial charge is 0.236 e. The number of aliphatic hydroxyl groups is 1. The molecule has 0 spiro atoms. The van der Waals surface area contributed by atoms with Gasteiger partial charge in [-0.1, -0.05) is 12.1 Å². The number of carbonyl (C=O) groups excluding carboxylic acids is 1. The normalized spacial score (nSPS) is 19.3. The summed E-state index contributed by atoms with van der Waals surface area (Å²) >= 11 is 0. The zero-order valence-electron chi connectivity index (χ0n) is 18.6. The summed E-state index contributed by atoms with van der Waals surface area (Å²) in [5.41, 5.74) is 0.783. The number of nitrogens with one attached hydrogen (secondary N) is 1. The van der Waals surface area contributed by atoms with Crippen LogP contribution >= 0.6 is 0 Å². The van der Waals surface area contributed by atoms with Gasteiger partial charge in [0.25, 0.3) is 0 Å². The van der Waals surface area contributed by atoms with Gasteiger partial charge in [0, 0.05) is 45.8 Å². The SMILES string of the molecule is CCNC(=NCC(O)c1cccc(OC)c1)N1CCN(CC(=O)N2CCOCC2)CC1. The van der Waals surface area contributed by atoms with Crippen LogP contribution in [0.3, 0.4) is 0 Å². The van der Waals surface area contributed by atoms with E-state index in [4.69, 9.17) is 9.47 Å². The lowest BCUT2D eigenvalue weighted by molar-refractivity contribution is -0.136. The zero-order valence-corrected chi connectivity index (χ0v) is 18.6. The molecular formula is C22H35N5O4. The molecule has 2 N–H and O–H groups in total. The van der Waals surface area contributed by atoms with Crippen molar-refractivity contribution in [1.29, 1.82) is 0 Å². The summed E-state index contributed by atoms with van der Waals surface area (Å²) in [6, 6.07) is 7.42. The van der Waals surface area contributed by atoms with Crippen molar-refractivity contribution in [2.75, 3.05) is 79.2 Å². The molecule has 0 bridgehead atoms. The van der Waals surface area contributed by atoms with Crippen molar-refractivity contribution >= 4 is 11.9 Å². The number of aliphatic hydroxyl groups excluding tert-OH is 1. The highest BCUT2D eigenvalue weighted by Crippen LogP contribution is 2.19. The lowest BCUT2D eigenvalue weighted by Crippen LogP contribution is -2.55. The van der Waals surface area contributed by atoms with Crippen LogP contribution in [0.5, 0.6) is 5.75 Å². The summed E-state index contributed by atoms with van der Waals surface area (Å²) in [5, 5.41) is 13.9. The van der Waals surface area contributed by atoms with Crippen LogP contribution in [0.25, 0.3) is 0 Å². The summed E-state index contributed by atoms with van der Waals surface area (Å²) in [5.74, 6) is 1.69. The Balaban J connectivity index is 1.51. The van der Waals surface area contributed by atoms with E-state index in [0.717, 1.165) is 50.0 Å². The third-order valence-electron chi connectivity index (χ3n) is 5.62. The fourth-order valence-corrected chi connectivity index (χ4v) is 3.77. The minimum atomic E-state index is -0.698. The van der Waals surface area contributed by atoms with Gasteiger partial charge in [0.15, 0.2) is 5.96 Å². The first-order chi connectivity index (χ1) is 15.1. The molecule has 1 aromatic rings. The number of aliphatic imine (C=N–C) groups is 1. The van der Waals surface area contributed by atoms with E-state index < -0.39 is 6.10 Å². The van der Waals surface area contributed by atoms with Crippen LogP contribution in [-0.2, 0) is 9.53 Å². The monoisotopic (exact) mass is 433 g/mol. The quantitative estimate of drug-likeness (QED) is 0.468. The largest absolute Gasteiger partial charge is 0.497 e. The molecule has 31 heavy (non-hydrogen) atoms. The minimum absolute atomic E-state index is 0.179. The third kappa shape index (κ3) is 6.81. The molecule has 2 fully saturated rings. The minimum Gasteiger partial charge on any atom is -0.497 e. The predicted octanol–water partition coefficient (Wildman–Crippen LogP) is 0.171. The van der Waals surface area contributed by atoms with Crippen molar-refractivity contribution in [2.24, 2.45) is 4.99 Å². The lowest BCUT2D eigenvalue weighted by Gasteiger charge is -2.37. The van der Waals surface area contributed by atoms with Crippen LogP contribution in [-0.4, -0.2) is 111 Å². The molecule has 0 radical (unpaired) electrons. The number of piperazine rings is 1. The van der Waals surface area contributed by atoms with Crippen LogP contribution in [0.1, 0.15) is 18.6 Å². The van der Waals surface area contributed by atoms with Crippen LogP contribution in [0, 0.1) is 0 Å². The van der Waals surface area contributed by atoms with Crippen LogP contribution < -0.4 is 10.1 Å². The molecule has 9 nitrogen and oxygen atoms in total. The first-order valence-corrected chi connectivity index (χ1v) is 11.0. The van der Waals surface area contributed by atoms with E-state index in [1.54, 1.807) is 7.11 Å². The molecule has 2 saturated heterocycles. The number of guanidine groups is 1. The second kappa shape index (κ2) is 11.9. The maximum atomic E-state index is 12.5. The zero-order chi connectivity index (χ0) is 22.1. The van der Waals surface area contributed by atoms with Gasteiger partial charge in [-0.25, -0.2) is 0 Å². The van der Waals surface area contributed by atoms with Gasteiger partial charge in [-0.3, -0.25) is 14.7 Å². The summed E-state index contributed by atoms with van der Waals surface area (Å²) in [4.78, 5) is 23.4. The van der Waals surface area contributed by atoms with Crippen molar-refractivity contribution in [3.05, 3.63) is 29.8 Å². The van der Waals surface area contributed by atoms with Gasteiger partial charge in [0.05, 0.1) is 39.5 Å². The number of carbonyl (C=O) groups is 1. The van der Waals surface area contributed by atoms with Crippen molar-refractivity contribution in [1.82, 2.24) is 20.0 Å². The molecular weight excluding hydrogens is 398 g/mol. The predicted molar refractivity (Wildman–Crippen MR) is 119 cm³/mol. The number of methoxy groups -OCH3 is 1. The molecule has 1 atom stereocenters. The average molecular weight is 434 g/mol. The number of hydrogen-bond acceptors (Lipinski definition) is 6. The maximum Gasteiger partial charge on any atom is 0.236 e. The number of hydrogen-bond donors (Lipinski definition) is 2. The van der Waals surface area contributed by atoms with Gasteiger partial charge in [0.1, 0.15) is 5.75 Å². The number of morpholine rings is 1. The second-order valence-corrected chi connectivity index (χ2v) is 7.74. The molecule has 1 unspecified atom stereocenters. The Labute approximate surface area is 184 Å². The fraction of sp³-hybridized carbons (Fsp3) is 0.636. The summed E-state index contributed by atoms with van der Waals surface area (Å²) < 4.78 is 10.6. The Bertz CT molecular complexity index is 730. The molecule has 0 saturated carbocycles. The third-order valence-corrected chi connectivity index (χ3v) is 5.62. The fourth-order valence-electron chi connectivity index (χ4n) is 3.77. The van der Waals surface area contributed by atoms with E-state index in [9.17, 15) is 9.90 Å². The highest BCUT2D eigenvalue weighted by atomic mass is 16.5. The summed E-state index contributed by atoms with van der Waals surface area (Å²) in [6.45, 7) is 9.33. The van der Waals surface area contributed by atoms with E-state index in [0.29, 0.717) is 32.8 Å². The van der Waals surface area contributed by atoms with Gasteiger partial charge in [0.2, 0.25) is 5.91 Å². The highest BCUT2D eigenvalue weighted by molar-refractivity contribution is 5.80. The van der Waals surface area contributed by atoms with Crippen molar-refractivity contribution in [3.63, 3.8) is 0 Å². The van der Waals surface area contributed by atoms with E-state index in [1.807, 2.05) is 36.1 Å².